The van der Waals surface area contributed by atoms with Crippen LogP contribution in [0.5, 0.6) is 0 Å². The molecule has 0 aliphatic heterocycles. The molecule has 19 heavy (non-hydrogen) atoms. The zero-order valence-electron chi connectivity index (χ0n) is 10.5. The molecule has 6 heteroatoms. The van der Waals surface area contributed by atoms with Crippen molar-refractivity contribution < 1.29 is 14.3 Å². The Morgan fingerprint density at radius 1 is 1.47 bits per heavy atom. The molecule has 2 aromatic rings. The van der Waals surface area contributed by atoms with Crippen LogP contribution in [0.15, 0.2) is 29.8 Å². The lowest BCUT2D eigenvalue weighted by molar-refractivity contribution is 0.0697. The first-order valence-electron chi connectivity index (χ1n) is 5.62. The van der Waals surface area contributed by atoms with Gasteiger partial charge in [0.2, 0.25) is 0 Å². The third-order valence-electron chi connectivity index (χ3n) is 2.65. The Labute approximate surface area is 113 Å². The van der Waals surface area contributed by atoms with E-state index in [9.17, 15) is 9.18 Å². The maximum atomic E-state index is 13.8. The molecule has 0 bridgehead atoms. The fourth-order valence-electron chi connectivity index (χ4n) is 1.73. The number of hydrogen-bond acceptors (Lipinski definition) is 4. The molecule has 1 heterocycles. The van der Waals surface area contributed by atoms with E-state index in [4.69, 9.17) is 5.11 Å². The summed E-state index contributed by atoms with van der Waals surface area (Å²) in [4.78, 5) is 15.3. The van der Waals surface area contributed by atoms with E-state index in [-0.39, 0.29) is 11.3 Å². The van der Waals surface area contributed by atoms with E-state index in [2.05, 4.69) is 10.3 Å². The molecule has 0 atom stereocenters. The van der Waals surface area contributed by atoms with Gasteiger partial charge in [0.15, 0.2) is 0 Å². The lowest BCUT2D eigenvalue weighted by Crippen LogP contribution is -2.29. The van der Waals surface area contributed by atoms with E-state index in [1.165, 1.54) is 29.5 Å². The van der Waals surface area contributed by atoms with Crippen molar-refractivity contribution >= 4 is 23.0 Å². The maximum absolute atomic E-state index is 13.8. The second kappa shape index (κ2) is 4.97. The Balaban J connectivity index is 2.41. The number of nitrogens with zero attached hydrogens (tertiary/aromatic N) is 1. The molecule has 2 N–H and O–H groups in total. The van der Waals surface area contributed by atoms with Crippen molar-refractivity contribution in [3.8, 4) is 0 Å². The van der Waals surface area contributed by atoms with E-state index < -0.39 is 17.3 Å². The van der Waals surface area contributed by atoms with E-state index in [0.717, 1.165) is 5.01 Å². The summed E-state index contributed by atoms with van der Waals surface area (Å²) in [6.45, 7) is 3.65. The molecule has 4 nitrogen and oxygen atoms in total. The number of thiazole rings is 1. The number of carbonyl (C=O) groups is 1. The molecule has 100 valence electrons. The Bertz CT molecular complexity index is 597. The summed E-state index contributed by atoms with van der Waals surface area (Å²) in [6, 6.07) is 3.97. The number of rotatable bonds is 4. The van der Waals surface area contributed by atoms with Gasteiger partial charge in [-0.25, -0.2) is 14.2 Å². The number of para-hydroxylation sites is 1. The Morgan fingerprint density at radius 3 is 2.79 bits per heavy atom. The highest BCUT2D eigenvalue weighted by Crippen LogP contribution is 2.30. The monoisotopic (exact) mass is 280 g/mol. The molecule has 0 unspecified atom stereocenters. The van der Waals surface area contributed by atoms with Crippen LogP contribution in [0.25, 0.3) is 0 Å². The molecule has 0 saturated carbocycles. The number of anilines is 1. The van der Waals surface area contributed by atoms with Crippen LogP contribution in [-0.4, -0.2) is 16.1 Å². The lowest BCUT2D eigenvalue weighted by atomic mass is 10.0. The van der Waals surface area contributed by atoms with Crippen molar-refractivity contribution in [3.63, 3.8) is 0 Å². The summed E-state index contributed by atoms with van der Waals surface area (Å²) in [5.41, 5.74) is -0.763. The number of benzene rings is 1. The summed E-state index contributed by atoms with van der Waals surface area (Å²) in [7, 11) is 0. The second-order valence-electron chi connectivity index (χ2n) is 4.55. The number of carboxylic acids is 1. The molecule has 0 amide bonds. The average molecular weight is 280 g/mol. The van der Waals surface area contributed by atoms with Crippen LogP contribution in [0.1, 0.15) is 29.2 Å². The average Bonchev–Trinajstić information content (AvgIpc) is 2.85. The van der Waals surface area contributed by atoms with Gasteiger partial charge in [-0.1, -0.05) is 6.07 Å². The Kier molecular flexibility index (Phi) is 3.53. The smallest absolute Gasteiger partial charge is 0.337 e. The minimum atomic E-state index is -1.17. The van der Waals surface area contributed by atoms with Crippen molar-refractivity contribution in [2.45, 2.75) is 19.4 Å². The Morgan fingerprint density at radius 2 is 2.21 bits per heavy atom. The minimum Gasteiger partial charge on any atom is -0.478 e. The van der Waals surface area contributed by atoms with Gasteiger partial charge in [-0.2, -0.15) is 0 Å². The third kappa shape index (κ3) is 2.73. The highest BCUT2D eigenvalue weighted by Gasteiger charge is 2.26. The predicted octanol–water partition coefficient (Wildman–Crippen LogP) is 3.33. The fourth-order valence-corrected chi connectivity index (χ4v) is 2.45. The first-order valence-corrected chi connectivity index (χ1v) is 6.50. The number of carboxylic acid groups (broad SMARTS) is 1. The van der Waals surface area contributed by atoms with E-state index >= 15 is 0 Å². The van der Waals surface area contributed by atoms with E-state index in [0.29, 0.717) is 0 Å². The summed E-state index contributed by atoms with van der Waals surface area (Å²) >= 11 is 1.43. The highest BCUT2D eigenvalue weighted by atomic mass is 32.1. The van der Waals surface area contributed by atoms with Gasteiger partial charge in [0.25, 0.3) is 0 Å². The summed E-state index contributed by atoms with van der Waals surface area (Å²) in [5.74, 6) is -1.76. The topological polar surface area (TPSA) is 62.2 Å². The van der Waals surface area contributed by atoms with E-state index in [1.54, 1.807) is 6.20 Å². The van der Waals surface area contributed by atoms with Crippen molar-refractivity contribution in [2.75, 3.05) is 5.32 Å². The molecule has 1 aromatic carbocycles. The maximum Gasteiger partial charge on any atom is 0.337 e. The summed E-state index contributed by atoms with van der Waals surface area (Å²) in [5, 5.41) is 14.6. The van der Waals surface area contributed by atoms with Gasteiger partial charge in [-0.15, -0.1) is 11.3 Å². The van der Waals surface area contributed by atoms with Gasteiger partial charge in [0.05, 0.1) is 16.8 Å². The standard InChI is InChI=1S/C13H13FN2O2S/c1-13(2,12-15-6-7-19-12)16-10-8(11(17)18)4-3-5-9(10)14/h3-7,16H,1-2H3,(H,17,18). The first-order chi connectivity index (χ1) is 8.92. The van der Waals surface area contributed by atoms with Crippen LogP contribution in [0.2, 0.25) is 0 Å². The molecule has 0 radical (unpaired) electrons. The van der Waals surface area contributed by atoms with Crippen LogP contribution >= 0.6 is 11.3 Å². The zero-order valence-corrected chi connectivity index (χ0v) is 11.3. The van der Waals surface area contributed by atoms with Crippen LogP contribution in [0, 0.1) is 5.82 Å². The molecule has 2 rings (SSSR count). The largest absolute Gasteiger partial charge is 0.478 e. The van der Waals surface area contributed by atoms with Crippen LogP contribution < -0.4 is 5.32 Å². The number of aromatic nitrogens is 1. The molecular formula is C13H13FN2O2S. The van der Waals surface area contributed by atoms with Crippen LogP contribution in [0.3, 0.4) is 0 Å². The number of aromatic carboxylic acids is 1. The molecule has 1 aromatic heterocycles. The zero-order chi connectivity index (χ0) is 14.0. The van der Waals surface area contributed by atoms with Crippen molar-refractivity contribution in [3.05, 3.63) is 46.2 Å². The van der Waals surface area contributed by atoms with Crippen LogP contribution in [0.4, 0.5) is 10.1 Å². The normalized spacial score (nSPS) is 11.3. The van der Waals surface area contributed by atoms with Crippen molar-refractivity contribution in [1.29, 1.82) is 0 Å². The quantitative estimate of drug-likeness (QED) is 0.901. The van der Waals surface area contributed by atoms with Crippen LogP contribution in [-0.2, 0) is 5.54 Å². The highest BCUT2D eigenvalue weighted by molar-refractivity contribution is 7.09. The van der Waals surface area contributed by atoms with Gasteiger partial charge < -0.3 is 10.4 Å². The van der Waals surface area contributed by atoms with Crippen molar-refractivity contribution in [2.24, 2.45) is 0 Å². The fraction of sp³-hybridized carbons (Fsp3) is 0.231. The molecular weight excluding hydrogens is 267 g/mol. The molecule has 0 spiro atoms. The van der Waals surface area contributed by atoms with Gasteiger partial charge in [0, 0.05) is 11.6 Å². The number of halogens is 1. The molecule has 0 saturated heterocycles. The molecule has 0 aliphatic rings. The minimum absolute atomic E-state index is 0.0183. The Hall–Kier alpha value is -1.95. The summed E-state index contributed by atoms with van der Waals surface area (Å²) < 4.78 is 13.8. The third-order valence-corrected chi connectivity index (χ3v) is 3.75. The lowest BCUT2D eigenvalue weighted by Gasteiger charge is -2.26. The summed E-state index contributed by atoms with van der Waals surface area (Å²) in [6.07, 6.45) is 1.66. The van der Waals surface area contributed by atoms with Crippen molar-refractivity contribution in [1.82, 2.24) is 4.98 Å². The van der Waals surface area contributed by atoms with Gasteiger partial charge >= 0.3 is 5.97 Å². The second-order valence-corrected chi connectivity index (χ2v) is 5.45. The molecule has 0 fully saturated rings. The predicted molar refractivity (Wildman–Crippen MR) is 72.1 cm³/mol. The van der Waals surface area contributed by atoms with Gasteiger partial charge in [0.1, 0.15) is 10.8 Å². The number of hydrogen-bond donors (Lipinski definition) is 2. The molecule has 0 aliphatic carbocycles. The van der Waals surface area contributed by atoms with Gasteiger partial charge in [-0.05, 0) is 26.0 Å². The van der Waals surface area contributed by atoms with E-state index in [1.807, 2.05) is 19.2 Å². The SMILES string of the molecule is CC(C)(Nc1c(F)cccc1C(=O)O)c1nccs1. The number of nitrogens with one attached hydrogen (secondary N) is 1. The van der Waals surface area contributed by atoms with Gasteiger partial charge in [-0.3, -0.25) is 0 Å². The first kappa shape index (κ1) is 13.5.